The topological polar surface area (TPSA) is 60.7 Å². The first-order chi connectivity index (χ1) is 9.49. The molecule has 2 rings (SSSR count). The maximum absolute atomic E-state index is 11.7. The molecular weight excluding hydrogens is 300 g/mol. The molecule has 7 heteroatoms. The van der Waals surface area contributed by atoms with E-state index in [1.165, 1.54) is 29.8 Å². The van der Waals surface area contributed by atoms with E-state index in [9.17, 15) is 9.59 Å². The Hall–Kier alpha value is -1.92. The Morgan fingerprint density at radius 3 is 2.60 bits per heavy atom. The predicted molar refractivity (Wildman–Crippen MR) is 76.6 cm³/mol. The van der Waals surface area contributed by atoms with Crippen LogP contribution in [0.1, 0.15) is 18.6 Å². The minimum Gasteiger partial charge on any atom is -0.408 e. The maximum Gasteiger partial charge on any atom is 0.309 e. The van der Waals surface area contributed by atoms with E-state index in [-0.39, 0.29) is 11.8 Å². The molecule has 0 saturated carbocycles. The monoisotopic (exact) mass is 310 g/mol. The van der Waals surface area contributed by atoms with Gasteiger partial charge in [-0.05, 0) is 12.1 Å². The molecule has 0 aliphatic rings. The van der Waals surface area contributed by atoms with Crippen molar-refractivity contribution in [2.75, 3.05) is 0 Å². The van der Waals surface area contributed by atoms with E-state index in [4.69, 9.17) is 16.3 Å². The van der Waals surface area contributed by atoms with E-state index in [1.807, 2.05) is 0 Å². The number of nitrogens with zero attached hydrogens (tertiary/aromatic N) is 2. The molecule has 1 aromatic carbocycles. The molecule has 0 bridgehead atoms. The molecule has 0 radical (unpaired) electrons. The number of thiazole rings is 1. The van der Waals surface area contributed by atoms with Crippen molar-refractivity contribution in [1.82, 2.24) is 4.57 Å². The van der Waals surface area contributed by atoms with Gasteiger partial charge in [-0.1, -0.05) is 23.7 Å². The van der Waals surface area contributed by atoms with Crippen LogP contribution in [0.3, 0.4) is 0 Å². The quantitative estimate of drug-likeness (QED) is 0.801. The number of benzene rings is 1. The molecule has 0 aliphatic heterocycles. The van der Waals surface area contributed by atoms with E-state index < -0.39 is 5.97 Å². The molecule has 1 heterocycles. The first-order valence-corrected chi connectivity index (χ1v) is 6.94. The van der Waals surface area contributed by atoms with E-state index in [1.54, 1.807) is 29.6 Å². The van der Waals surface area contributed by atoms with Crippen molar-refractivity contribution in [3.05, 3.63) is 39.5 Å². The maximum atomic E-state index is 11.7. The molecule has 0 amide bonds. The van der Waals surface area contributed by atoms with Crippen molar-refractivity contribution in [3.63, 3.8) is 0 Å². The normalized spacial score (nSPS) is 11.4. The van der Waals surface area contributed by atoms with E-state index in [0.29, 0.717) is 15.5 Å². The van der Waals surface area contributed by atoms with Crippen molar-refractivity contribution in [3.8, 4) is 5.88 Å². The van der Waals surface area contributed by atoms with Crippen LogP contribution < -0.4 is 9.54 Å². The lowest BCUT2D eigenvalue weighted by Crippen LogP contribution is -2.22. The highest BCUT2D eigenvalue weighted by molar-refractivity contribution is 7.07. The molecule has 5 nitrogen and oxygen atoms in total. The Labute approximate surface area is 124 Å². The van der Waals surface area contributed by atoms with Crippen molar-refractivity contribution in [2.24, 2.45) is 4.99 Å². The number of ether oxygens (including phenoxy) is 1. The van der Waals surface area contributed by atoms with E-state index >= 15 is 0 Å². The van der Waals surface area contributed by atoms with Crippen LogP contribution in [0.4, 0.5) is 5.69 Å². The van der Waals surface area contributed by atoms with Crippen LogP contribution >= 0.6 is 22.9 Å². The lowest BCUT2D eigenvalue weighted by atomic mass is 10.3. The molecule has 0 N–H and O–H groups in total. The molecular formula is C13H11ClN2O3S. The number of para-hydroxylation sites is 1. The molecule has 2 aromatic rings. The zero-order valence-corrected chi connectivity index (χ0v) is 12.4. The highest BCUT2D eigenvalue weighted by Gasteiger charge is 2.12. The van der Waals surface area contributed by atoms with Gasteiger partial charge in [0.25, 0.3) is 0 Å². The minimum absolute atomic E-state index is 0.154. The minimum atomic E-state index is -0.498. The summed E-state index contributed by atoms with van der Waals surface area (Å²) in [7, 11) is 0. The summed E-state index contributed by atoms with van der Waals surface area (Å²) in [4.78, 5) is 27.4. The lowest BCUT2D eigenvalue weighted by molar-refractivity contribution is -0.132. The lowest BCUT2D eigenvalue weighted by Gasteiger charge is -2.03. The summed E-state index contributed by atoms with van der Waals surface area (Å²) in [6.07, 6.45) is 0. The second-order valence-corrected chi connectivity index (χ2v) is 5.11. The van der Waals surface area contributed by atoms with Gasteiger partial charge in [0.15, 0.2) is 4.80 Å². The summed E-state index contributed by atoms with van der Waals surface area (Å²) in [5, 5.41) is 2.03. The summed E-state index contributed by atoms with van der Waals surface area (Å²) < 4.78 is 6.21. The summed E-state index contributed by atoms with van der Waals surface area (Å²) in [6, 6.07) is 7.03. The number of hydrogen-bond acceptors (Lipinski definition) is 5. The first-order valence-electron chi connectivity index (χ1n) is 5.68. The van der Waals surface area contributed by atoms with Crippen molar-refractivity contribution >= 4 is 40.5 Å². The van der Waals surface area contributed by atoms with Gasteiger partial charge in [0.1, 0.15) is 0 Å². The fourth-order valence-corrected chi connectivity index (χ4v) is 2.54. The van der Waals surface area contributed by atoms with Gasteiger partial charge in [-0.2, -0.15) is 0 Å². The van der Waals surface area contributed by atoms with Gasteiger partial charge < -0.3 is 4.74 Å². The van der Waals surface area contributed by atoms with Crippen LogP contribution in [0.2, 0.25) is 5.02 Å². The van der Waals surface area contributed by atoms with Gasteiger partial charge in [0.05, 0.1) is 16.1 Å². The zero-order chi connectivity index (χ0) is 14.7. The Balaban J connectivity index is 2.58. The molecule has 0 aliphatic carbocycles. The summed E-state index contributed by atoms with van der Waals surface area (Å²) >= 11 is 7.22. The van der Waals surface area contributed by atoms with Gasteiger partial charge in [-0.25, -0.2) is 9.56 Å². The molecule has 0 unspecified atom stereocenters. The van der Waals surface area contributed by atoms with Crippen LogP contribution in [0.25, 0.3) is 0 Å². The summed E-state index contributed by atoms with van der Waals surface area (Å²) in [5.74, 6) is -0.642. The number of rotatable bonds is 2. The number of carbonyl (C=O) groups excluding carboxylic acids is 2. The standard InChI is InChI=1S/C13H11ClN2O3S/c1-8(17)16-12(19-9(2)18)7-20-13(16)15-11-6-4-3-5-10(11)14/h3-7H,1-2H3. The molecule has 20 heavy (non-hydrogen) atoms. The fourth-order valence-electron chi connectivity index (χ4n) is 1.53. The third kappa shape index (κ3) is 3.15. The number of aromatic nitrogens is 1. The predicted octanol–water partition coefficient (Wildman–Crippen LogP) is 3.02. The van der Waals surface area contributed by atoms with Gasteiger partial charge in [-0.3, -0.25) is 9.59 Å². The van der Waals surface area contributed by atoms with Gasteiger partial charge in [0, 0.05) is 13.8 Å². The average Bonchev–Trinajstić information content (AvgIpc) is 2.74. The summed E-state index contributed by atoms with van der Waals surface area (Å²) in [5.41, 5.74) is 0.542. The molecule has 1 aromatic heterocycles. The van der Waals surface area contributed by atoms with Gasteiger partial charge in [-0.15, -0.1) is 11.3 Å². The van der Waals surface area contributed by atoms with Crippen molar-refractivity contribution in [2.45, 2.75) is 13.8 Å². The van der Waals surface area contributed by atoms with Gasteiger partial charge >= 0.3 is 5.97 Å². The van der Waals surface area contributed by atoms with Crippen molar-refractivity contribution < 1.29 is 14.3 Å². The average molecular weight is 311 g/mol. The van der Waals surface area contributed by atoms with Crippen LogP contribution in [0.15, 0.2) is 34.6 Å². The molecule has 0 atom stereocenters. The third-order valence-electron chi connectivity index (χ3n) is 2.31. The number of carbonyl (C=O) groups is 2. The second-order valence-electron chi connectivity index (χ2n) is 3.87. The Morgan fingerprint density at radius 1 is 1.30 bits per heavy atom. The number of esters is 1. The van der Waals surface area contributed by atoms with Crippen LogP contribution in [-0.4, -0.2) is 16.4 Å². The second kappa shape index (κ2) is 6.02. The highest BCUT2D eigenvalue weighted by atomic mass is 35.5. The summed E-state index contributed by atoms with van der Waals surface area (Å²) in [6.45, 7) is 2.64. The van der Waals surface area contributed by atoms with E-state index in [2.05, 4.69) is 4.99 Å². The fraction of sp³-hybridized carbons (Fsp3) is 0.154. The van der Waals surface area contributed by atoms with Crippen LogP contribution in [-0.2, 0) is 4.79 Å². The van der Waals surface area contributed by atoms with Gasteiger partial charge in [0.2, 0.25) is 11.8 Å². The molecule has 0 saturated heterocycles. The van der Waals surface area contributed by atoms with Crippen molar-refractivity contribution in [1.29, 1.82) is 0 Å². The third-order valence-corrected chi connectivity index (χ3v) is 3.43. The largest absolute Gasteiger partial charge is 0.408 e. The number of hydrogen-bond donors (Lipinski definition) is 0. The Kier molecular flexibility index (Phi) is 4.36. The molecule has 0 spiro atoms. The number of halogens is 1. The zero-order valence-electron chi connectivity index (χ0n) is 10.8. The molecule has 104 valence electrons. The molecule has 0 fully saturated rings. The van der Waals surface area contributed by atoms with Crippen LogP contribution in [0.5, 0.6) is 5.88 Å². The van der Waals surface area contributed by atoms with E-state index in [0.717, 1.165) is 0 Å². The Morgan fingerprint density at radius 2 is 2.00 bits per heavy atom. The Bertz CT molecular complexity index is 733. The highest BCUT2D eigenvalue weighted by Crippen LogP contribution is 2.23. The SMILES string of the molecule is CC(=O)Oc1csc(=Nc2ccccc2Cl)n1C(C)=O. The smallest absolute Gasteiger partial charge is 0.309 e. The first kappa shape index (κ1) is 14.5. The van der Waals surface area contributed by atoms with Crippen LogP contribution in [0, 0.1) is 0 Å².